The molecule has 1 heterocycles. The van der Waals surface area contributed by atoms with E-state index in [1.807, 2.05) is 0 Å². The van der Waals surface area contributed by atoms with Gasteiger partial charge in [0.2, 0.25) is 0 Å². The quantitative estimate of drug-likeness (QED) is 0.548. The Labute approximate surface area is 137 Å². The van der Waals surface area contributed by atoms with Crippen LogP contribution in [0.5, 0.6) is 0 Å². The van der Waals surface area contributed by atoms with E-state index in [1.54, 1.807) is 34.6 Å². The molecule has 23 heavy (non-hydrogen) atoms. The molecule has 1 amide bonds. The SMILES string of the molecule is CCOC(=O)CC1(CC(=O)OCC)CN(C(=O)OC(C)(C)C)C1. The van der Waals surface area contributed by atoms with Crippen molar-refractivity contribution in [1.29, 1.82) is 0 Å². The predicted octanol–water partition coefficient (Wildman–Crippen LogP) is 2.13. The summed E-state index contributed by atoms with van der Waals surface area (Å²) < 4.78 is 15.2. The molecular weight excluding hydrogens is 302 g/mol. The van der Waals surface area contributed by atoms with Gasteiger partial charge in [-0.3, -0.25) is 9.59 Å². The third-order valence-corrected chi connectivity index (χ3v) is 3.35. The zero-order valence-corrected chi connectivity index (χ0v) is 14.6. The Morgan fingerprint density at radius 3 is 1.74 bits per heavy atom. The first-order valence-electron chi connectivity index (χ1n) is 7.90. The molecule has 0 aliphatic carbocycles. The second-order valence-electron chi connectivity index (χ2n) is 6.80. The molecule has 132 valence electrons. The third kappa shape index (κ3) is 6.08. The number of carbonyl (C=O) groups excluding carboxylic acids is 3. The molecule has 1 rings (SSSR count). The van der Waals surface area contributed by atoms with Crippen LogP contribution in [-0.2, 0) is 23.8 Å². The maximum atomic E-state index is 12.0. The number of rotatable bonds is 6. The molecule has 1 aliphatic rings. The molecule has 0 N–H and O–H groups in total. The first-order valence-corrected chi connectivity index (χ1v) is 7.90. The van der Waals surface area contributed by atoms with E-state index in [2.05, 4.69) is 0 Å². The minimum Gasteiger partial charge on any atom is -0.466 e. The minimum atomic E-state index is -0.630. The van der Waals surface area contributed by atoms with E-state index >= 15 is 0 Å². The van der Waals surface area contributed by atoms with Crippen molar-refractivity contribution in [3.8, 4) is 0 Å². The molecule has 0 atom stereocenters. The molecule has 0 bridgehead atoms. The van der Waals surface area contributed by atoms with Crippen molar-refractivity contribution in [3.63, 3.8) is 0 Å². The molecular formula is C16H27NO6. The van der Waals surface area contributed by atoms with Crippen molar-refractivity contribution in [2.45, 2.75) is 53.1 Å². The summed E-state index contributed by atoms with van der Waals surface area (Å²) in [4.78, 5) is 37.1. The Bertz CT molecular complexity index is 426. The van der Waals surface area contributed by atoms with Crippen LogP contribution in [-0.4, -0.2) is 54.8 Å². The number of likely N-dealkylation sites (tertiary alicyclic amines) is 1. The largest absolute Gasteiger partial charge is 0.466 e. The van der Waals surface area contributed by atoms with Crippen molar-refractivity contribution in [1.82, 2.24) is 4.90 Å². The Balaban J connectivity index is 2.68. The van der Waals surface area contributed by atoms with Crippen LogP contribution in [0.25, 0.3) is 0 Å². The standard InChI is InChI=1S/C16H27NO6/c1-6-21-12(18)8-16(9-13(19)22-7-2)10-17(11-16)14(20)23-15(3,4)5/h6-11H2,1-5H3. The lowest BCUT2D eigenvalue weighted by Gasteiger charge is -2.48. The highest BCUT2D eigenvalue weighted by Crippen LogP contribution is 2.39. The number of esters is 2. The fourth-order valence-corrected chi connectivity index (χ4v) is 2.54. The molecule has 1 fully saturated rings. The zero-order valence-electron chi connectivity index (χ0n) is 14.6. The van der Waals surface area contributed by atoms with Gasteiger partial charge in [-0.15, -0.1) is 0 Å². The molecule has 1 saturated heterocycles. The van der Waals surface area contributed by atoms with Gasteiger partial charge >= 0.3 is 18.0 Å². The molecule has 1 aliphatic heterocycles. The summed E-state index contributed by atoms with van der Waals surface area (Å²) in [6.07, 6.45) is -0.279. The highest BCUT2D eigenvalue weighted by Gasteiger charge is 2.49. The molecule has 7 heteroatoms. The summed E-state index contributed by atoms with van der Waals surface area (Å²) in [7, 11) is 0. The lowest BCUT2D eigenvalue weighted by molar-refractivity contribution is -0.156. The van der Waals surface area contributed by atoms with Gasteiger partial charge in [-0.2, -0.15) is 0 Å². The highest BCUT2D eigenvalue weighted by molar-refractivity contribution is 5.77. The van der Waals surface area contributed by atoms with E-state index < -0.39 is 17.1 Å². The highest BCUT2D eigenvalue weighted by atomic mass is 16.6. The molecule has 0 aromatic rings. The zero-order chi connectivity index (χ0) is 17.7. The van der Waals surface area contributed by atoms with Crippen LogP contribution in [0.3, 0.4) is 0 Å². The summed E-state index contributed by atoms with van der Waals surface area (Å²) in [5, 5.41) is 0. The summed E-state index contributed by atoms with van der Waals surface area (Å²) in [6, 6.07) is 0. The van der Waals surface area contributed by atoms with Gasteiger partial charge < -0.3 is 19.1 Å². The van der Waals surface area contributed by atoms with Crippen molar-refractivity contribution < 1.29 is 28.6 Å². The van der Waals surface area contributed by atoms with Crippen molar-refractivity contribution >= 4 is 18.0 Å². The predicted molar refractivity (Wildman–Crippen MR) is 82.7 cm³/mol. The second kappa shape index (κ2) is 7.66. The van der Waals surface area contributed by atoms with Crippen LogP contribution in [0.1, 0.15) is 47.5 Å². The van der Waals surface area contributed by atoms with E-state index in [9.17, 15) is 14.4 Å². The van der Waals surface area contributed by atoms with Crippen LogP contribution in [0, 0.1) is 5.41 Å². The van der Waals surface area contributed by atoms with Crippen LogP contribution < -0.4 is 0 Å². The van der Waals surface area contributed by atoms with Gasteiger partial charge in [0.05, 0.1) is 26.1 Å². The fourth-order valence-electron chi connectivity index (χ4n) is 2.54. The van der Waals surface area contributed by atoms with Gasteiger partial charge in [-0.05, 0) is 34.6 Å². The molecule has 0 spiro atoms. The monoisotopic (exact) mass is 329 g/mol. The van der Waals surface area contributed by atoms with Gasteiger partial charge in [0, 0.05) is 18.5 Å². The maximum Gasteiger partial charge on any atom is 0.410 e. The van der Waals surface area contributed by atoms with Gasteiger partial charge in [-0.25, -0.2) is 4.79 Å². The lowest BCUT2D eigenvalue weighted by atomic mass is 9.74. The molecule has 0 saturated carbocycles. The van der Waals surface area contributed by atoms with E-state index in [-0.39, 0.29) is 51.1 Å². The van der Waals surface area contributed by atoms with Gasteiger partial charge in [-0.1, -0.05) is 0 Å². The summed E-state index contributed by atoms with van der Waals surface area (Å²) in [6.45, 7) is 9.93. The van der Waals surface area contributed by atoms with Gasteiger partial charge in [0.1, 0.15) is 5.60 Å². The molecule has 0 aromatic carbocycles. The van der Waals surface area contributed by atoms with E-state index in [1.165, 1.54) is 4.90 Å². The normalized spacial score (nSPS) is 16.3. The molecule has 7 nitrogen and oxygen atoms in total. The Morgan fingerprint density at radius 1 is 0.957 bits per heavy atom. The molecule has 0 unspecified atom stereocenters. The third-order valence-electron chi connectivity index (χ3n) is 3.35. The molecule has 0 radical (unpaired) electrons. The Morgan fingerprint density at radius 2 is 1.39 bits per heavy atom. The first-order chi connectivity index (χ1) is 10.6. The summed E-state index contributed by atoms with van der Waals surface area (Å²) >= 11 is 0. The first kappa shape index (κ1) is 19.3. The Kier molecular flexibility index (Phi) is 6.41. The lowest BCUT2D eigenvalue weighted by Crippen LogP contribution is -2.60. The summed E-state index contributed by atoms with van der Waals surface area (Å²) in [5.74, 6) is -0.749. The smallest absolute Gasteiger partial charge is 0.410 e. The van der Waals surface area contributed by atoms with Gasteiger partial charge in [0.15, 0.2) is 0 Å². The average molecular weight is 329 g/mol. The second-order valence-corrected chi connectivity index (χ2v) is 6.80. The number of hydrogen-bond acceptors (Lipinski definition) is 6. The van der Waals surface area contributed by atoms with E-state index in [0.29, 0.717) is 0 Å². The van der Waals surface area contributed by atoms with Crippen LogP contribution in [0.4, 0.5) is 4.79 Å². The fraction of sp³-hybridized carbons (Fsp3) is 0.812. The minimum absolute atomic E-state index is 0.0823. The Hall–Kier alpha value is -1.79. The maximum absolute atomic E-state index is 12.0. The summed E-state index contributed by atoms with van der Waals surface area (Å²) in [5.41, 5.74) is -1.22. The van der Waals surface area contributed by atoms with Crippen LogP contribution >= 0.6 is 0 Å². The number of nitrogens with zero attached hydrogens (tertiary/aromatic N) is 1. The van der Waals surface area contributed by atoms with Gasteiger partial charge in [0.25, 0.3) is 0 Å². The van der Waals surface area contributed by atoms with Crippen LogP contribution in [0.15, 0.2) is 0 Å². The molecule has 0 aromatic heterocycles. The number of ether oxygens (including phenoxy) is 3. The number of amides is 1. The van der Waals surface area contributed by atoms with Crippen molar-refractivity contribution in [3.05, 3.63) is 0 Å². The topological polar surface area (TPSA) is 82.1 Å². The number of carbonyl (C=O) groups is 3. The average Bonchev–Trinajstić information content (AvgIpc) is 2.33. The van der Waals surface area contributed by atoms with Crippen molar-refractivity contribution in [2.24, 2.45) is 5.41 Å². The van der Waals surface area contributed by atoms with E-state index in [4.69, 9.17) is 14.2 Å². The van der Waals surface area contributed by atoms with Crippen molar-refractivity contribution in [2.75, 3.05) is 26.3 Å². The van der Waals surface area contributed by atoms with E-state index in [0.717, 1.165) is 0 Å². The van der Waals surface area contributed by atoms with Crippen LogP contribution in [0.2, 0.25) is 0 Å². The number of hydrogen-bond donors (Lipinski definition) is 0.